The summed E-state index contributed by atoms with van der Waals surface area (Å²) >= 11 is 0. The van der Waals surface area contributed by atoms with Gasteiger partial charge < -0.3 is 4.40 Å². The number of benzene rings is 4. The molecule has 0 aliphatic rings. The first-order valence-electron chi connectivity index (χ1n) is 11.2. The van der Waals surface area contributed by atoms with Gasteiger partial charge in [-0.2, -0.15) is 0 Å². The van der Waals surface area contributed by atoms with Crippen LogP contribution in [0.2, 0.25) is 0 Å². The molecule has 0 unspecified atom stereocenters. The standard InChI is InChI=1S/C30H17N3/c1-2-4-22-18(3-1)5-6-20-13-19(7-8-23(20)22)21-14-26-24-9-11-31-16-28(24)33-29-17-32-12-10-25(29)27(15-21)30(26)33/h1-17H. The second-order valence-electron chi connectivity index (χ2n) is 8.76. The molecule has 0 atom stereocenters. The van der Waals surface area contributed by atoms with E-state index in [1.54, 1.807) is 0 Å². The molecule has 3 heteroatoms. The fourth-order valence-corrected chi connectivity index (χ4v) is 5.60. The first-order valence-corrected chi connectivity index (χ1v) is 11.2. The van der Waals surface area contributed by atoms with Gasteiger partial charge in [0.05, 0.1) is 28.9 Å². The lowest BCUT2D eigenvalue weighted by molar-refractivity contribution is 1.27. The van der Waals surface area contributed by atoms with Crippen molar-refractivity contribution in [2.45, 2.75) is 0 Å². The fourth-order valence-electron chi connectivity index (χ4n) is 5.60. The van der Waals surface area contributed by atoms with Crippen molar-refractivity contribution < 1.29 is 0 Å². The highest BCUT2D eigenvalue weighted by Gasteiger charge is 2.18. The lowest BCUT2D eigenvalue weighted by Gasteiger charge is -2.08. The molecule has 0 N–H and O–H groups in total. The van der Waals surface area contributed by atoms with Gasteiger partial charge in [0.25, 0.3) is 0 Å². The van der Waals surface area contributed by atoms with Gasteiger partial charge in [-0.1, -0.05) is 48.5 Å². The molecule has 0 aliphatic carbocycles. The minimum atomic E-state index is 1.13. The van der Waals surface area contributed by atoms with Crippen molar-refractivity contribution in [3.63, 3.8) is 0 Å². The zero-order chi connectivity index (χ0) is 21.5. The SMILES string of the molecule is c1ccc2c(c1)ccc1cc(-c3cc4c5ccncc5n5c6cnccc6c(c3)c45)ccc12. The van der Waals surface area contributed by atoms with Crippen LogP contribution in [0.1, 0.15) is 0 Å². The van der Waals surface area contributed by atoms with E-state index in [4.69, 9.17) is 0 Å². The molecule has 0 fully saturated rings. The van der Waals surface area contributed by atoms with Gasteiger partial charge in [-0.3, -0.25) is 9.97 Å². The Labute approximate surface area is 188 Å². The average Bonchev–Trinajstić information content (AvgIpc) is 3.40. The molecule has 0 amide bonds. The van der Waals surface area contributed by atoms with Crippen LogP contribution < -0.4 is 0 Å². The van der Waals surface area contributed by atoms with Crippen molar-refractivity contribution in [3.05, 3.63) is 104 Å². The number of hydrogen-bond acceptors (Lipinski definition) is 2. The van der Waals surface area contributed by atoms with Crippen LogP contribution in [0.5, 0.6) is 0 Å². The first kappa shape index (κ1) is 17.1. The minimum absolute atomic E-state index is 1.13. The van der Waals surface area contributed by atoms with Gasteiger partial charge in [0.15, 0.2) is 0 Å². The van der Waals surface area contributed by atoms with E-state index in [-0.39, 0.29) is 0 Å². The quantitative estimate of drug-likeness (QED) is 0.256. The summed E-state index contributed by atoms with van der Waals surface area (Å²) in [4.78, 5) is 8.82. The van der Waals surface area contributed by atoms with Gasteiger partial charge in [0.2, 0.25) is 0 Å². The third kappa shape index (κ3) is 2.18. The van der Waals surface area contributed by atoms with E-state index in [0.717, 1.165) is 11.0 Å². The Bertz CT molecular complexity index is 1950. The highest BCUT2D eigenvalue weighted by molar-refractivity contribution is 6.24. The predicted octanol–water partition coefficient (Wildman–Crippen LogP) is 7.60. The molecule has 33 heavy (non-hydrogen) atoms. The molecule has 8 aromatic rings. The van der Waals surface area contributed by atoms with Crippen LogP contribution in [0.3, 0.4) is 0 Å². The fraction of sp³-hybridized carbons (Fsp3) is 0. The van der Waals surface area contributed by atoms with E-state index in [1.165, 1.54) is 59.7 Å². The third-order valence-electron chi connectivity index (χ3n) is 7.07. The second-order valence-corrected chi connectivity index (χ2v) is 8.76. The molecule has 8 rings (SSSR count). The topological polar surface area (TPSA) is 30.2 Å². The molecule has 3 nitrogen and oxygen atoms in total. The summed E-state index contributed by atoms with van der Waals surface area (Å²) in [7, 11) is 0. The van der Waals surface area contributed by atoms with Gasteiger partial charge in [-0.25, -0.2) is 0 Å². The summed E-state index contributed by atoms with van der Waals surface area (Å²) in [6, 6.07) is 28.8. The van der Waals surface area contributed by atoms with Crippen LogP contribution in [0.25, 0.3) is 70.8 Å². The van der Waals surface area contributed by atoms with Crippen LogP contribution in [0.4, 0.5) is 0 Å². The Morgan fingerprint density at radius 1 is 0.485 bits per heavy atom. The molecule has 0 aliphatic heterocycles. The molecule has 0 radical (unpaired) electrons. The molecule has 0 spiro atoms. The monoisotopic (exact) mass is 419 g/mol. The predicted molar refractivity (Wildman–Crippen MR) is 137 cm³/mol. The number of rotatable bonds is 1. The van der Waals surface area contributed by atoms with Crippen molar-refractivity contribution in [2.24, 2.45) is 0 Å². The van der Waals surface area contributed by atoms with Crippen molar-refractivity contribution >= 4 is 59.6 Å². The van der Waals surface area contributed by atoms with E-state index in [9.17, 15) is 0 Å². The van der Waals surface area contributed by atoms with E-state index in [1.807, 2.05) is 24.8 Å². The van der Waals surface area contributed by atoms with Crippen molar-refractivity contribution in [1.29, 1.82) is 0 Å². The molecular weight excluding hydrogens is 402 g/mol. The normalized spacial score (nSPS) is 12.2. The van der Waals surface area contributed by atoms with Crippen molar-refractivity contribution in [2.75, 3.05) is 0 Å². The maximum Gasteiger partial charge on any atom is 0.0725 e. The van der Waals surface area contributed by atoms with E-state index in [2.05, 4.69) is 93.2 Å². The summed E-state index contributed by atoms with van der Waals surface area (Å²) in [5.41, 5.74) is 5.96. The highest BCUT2D eigenvalue weighted by Crippen LogP contribution is 2.41. The minimum Gasteiger partial charge on any atom is -0.305 e. The highest BCUT2D eigenvalue weighted by atomic mass is 14.9. The van der Waals surface area contributed by atoms with E-state index >= 15 is 0 Å². The van der Waals surface area contributed by atoms with Crippen LogP contribution in [0.15, 0.2) is 104 Å². The molecular formula is C30H17N3. The third-order valence-corrected chi connectivity index (χ3v) is 7.07. The summed E-state index contributed by atoms with van der Waals surface area (Å²) < 4.78 is 2.31. The lowest BCUT2D eigenvalue weighted by Crippen LogP contribution is -1.82. The first-order chi connectivity index (χ1) is 16.4. The molecule has 4 heterocycles. The maximum absolute atomic E-state index is 4.41. The Kier molecular flexibility index (Phi) is 3.14. The van der Waals surface area contributed by atoms with Crippen LogP contribution in [0, 0.1) is 0 Å². The summed E-state index contributed by atoms with van der Waals surface area (Å²) in [5, 5.41) is 10.1. The molecule has 0 bridgehead atoms. The van der Waals surface area contributed by atoms with Crippen LogP contribution >= 0.6 is 0 Å². The van der Waals surface area contributed by atoms with Gasteiger partial charge >= 0.3 is 0 Å². The Morgan fingerprint density at radius 3 is 1.91 bits per heavy atom. The van der Waals surface area contributed by atoms with Gasteiger partial charge in [0, 0.05) is 33.9 Å². The van der Waals surface area contributed by atoms with Gasteiger partial charge in [0.1, 0.15) is 0 Å². The molecule has 152 valence electrons. The second kappa shape index (κ2) is 6.05. The van der Waals surface area contributed by atoms with E-state index in [0.29, 0.717) is 0 Å². The number of pyridine rings is 2. The zero-order valence-corrected chi connectivity index (χ0v) is 17.7. The van der Waals surface area contributed by atoms with Crippen molar-refractivity contribution in [3.8, 4) is 11.1 Å². The summed E-state index contributed by atoms with van der Waals surface area (Å²) in [6.07, 6.45) is 7.68. The summed E-state index contributed by atoms with van der Waals surface area (Å²) in [6.45, 7) is 0. The molecule has 0 saturated heterocycles. The van der Waals surface area contributed by atoms with Crippen molar-refractivity contribution in [1.82, 2.24) is 14.4 Å². The number of aromatic nitrogens is 3. The number of nitrogens with zero attached hydrogens (tertiary/aromatic N) is 3. The summed E-state index contributed by atoms with van der Waals surface area (Å²) in [5.74, 6) is 0. The van der Waals surface area contributed by atoms with Gasteiger partial charge in [-0.05, 0) is 63.0 Å². The lowest BCUT2D eigenvalue weighted by atomic mass is 9.95. The average molecular weight is 419 g/mol. The van der Waals surface area contributed by atoms with Gasteiger partial charge in [-0.15, -0.1) is 0 Å². The zero-order valence-electron chi connectivity index (χ0n) is 17.7. The maximum atomic E-state index is 4.41. The largest absolute Gasteiger partial charge is 0.305 e. The molecule has 0 saturated carbocycles. The Morgan fingerprint density at radius 2 is 1.15 bits per heavy atom. The Hall–Kier alpha value is -4.50. The molecule has 4 aromatic carbocycles. The number of fused-ring (bicyclic) bond motifs is 9. The van der Waals surface area contributed by atoms with E-state index < -0.39 is 0 Å². The smallest absolute Gasteiger partial charge is 0.0725 e. The van der Waals surface area contributed by atoms with Crippen LogP contribution in [-0.4, -0.2) is 14.4 Å². The molecule has 4 aromatic heterocycles. The van der Waals surface area contributed by atoms with Crippen LogP contribution in [-0.2, 0) is 0 Å². The Balaban J connectivity index is 1.49. The number of hydrogen-bond donors (Lipinski definition) is 0.